The number of benzene rings is 1. The molecule has 1 amide bonds. The van der Waals surface area contributed by atoms with E-state index < -0.39 is 0 Å². The minimum atomic E-state index is -0.0863. The van der Waals surface area contributed by atoms with Gasteiger partial charge in [0.2, 0.25) is 0 Å². The second-order valence-electron chi connectivity index (χ2n) is 3.98. The number of carbonyl (C=O) groups is 1. The molecule has 0 unspecified atom stereocenters. The van der Waals surface area contributed by atoms with Crippen LogP contribution in [0.25, 0.3) is 11.3 Å². The molecule has 94 valence electrons. The molecule has 0 aliphatic heterocycles. The number of aromatic amines is 1. The zero-order valence-corrected chi connectivity index (χ0v) is 10.8. The molecule has 0 saturated heterocycles. The van der Waals surface area contributed by atoms with Crippen molar-refractivity contribution in [2.45, 2.75) is 0 Å². The van der Waals surface area contributed by atoms with E-state index in [9.17, 15) is 4.79 Å². The number of nitrogens with one attached hydrogen (secondary N) is 2. The number of thiophene rings is 1. The van der Waals surface area contributed by atoms with Crippen molar-refractivity contribution in [3.63, 3.8) is 0 Å². The Bertz CT molecular complexity index is 675. The molecule has 0 atom stereocenters. The van der Waals surface area contributed by atoms with Crippen LogP contribution in [0.5, 0.6) is 0 Å². The van der Waals surface area contributed by atoms with E-state index in [2.05, 4.69) is 15.5 Å². The van der Waals surface area contributed by atoms with Gasteiger partial charge in [0.05, 0.1) is 10.6 Å². The van der Waals surface area contributed by atoms with Crippen LogP contribution in [0, 0.1) is 0 Å². The van der Waals surface area contributed by atoms with Crippen molar-refractivity contribution in [1.29, 1.82) is 0 Å². The normalized spacial score (nSPS) is 10.3. The Labute approximate surface area is 114 Å². The second-order valence-corrected chi connectivity index (χ2v) is 4.93. The van der Waals surface area contributed by atoms with Crippen molar-refractivity contribution in [2.24, 2.45) is 0 Å². The molecule has 5 heteroatoms. The van der Waals surface area contributed by atoms with Gasteiger partial charge in [-0.2, -0.15) is 5.10 Å². The van der Waals surface area contributed by atoms with Crippen LogP contribution in [0.2, 0.25) is 0 Å². The van der Waals surface area contributed by atoms with E-state index in [0.29, 0.717) is 4.88 Å². The maximum absolute atomic E-state index is 12.0. The third-order valence-electron chi connectivity index (χ3n) is 2.68. The molecule has 0 spiro atoms. The maximum Gasteiger partial charge on any atom is 0.265 e. The molecule has 0 aliphatic carbocycles. The monoisotopic (exact) mass is 269 g/mol. The summed E-state index contributed by atoms with van der Waals surface area (Å²) in [5.74, 6) is -0.0863. The largest absolute Gasteiger partial charge is 0.321 e. The minimum Gasteiger partial charge on any atom is -0.321 e. The minimum absolute atomic E-state index is 0.0863. The molecule has 0 bridgehead atoms. The van der Waals surface area contributed by atoms with Gasteiger partial charge in [-0.1, -0.05) is 18.2 Å². The van der Waals surface area contributed by atoms with Crippen molar-refractivity contribution < 1.29 is 4.79 Å². The average molecular weight is 269 g/mol. The number of H-pyrrole nitrogens is 1. The van der Waals surface area contributed by atoms with Crippen LogP contribution in [0.1, 0.15) is 9.67 Å². The second kappa shape index (κ2) is 5.07. The van der Waals surface area contributed by atoms with Gasteiger partial charge >= 0.3 is 0 Å². The van der Waals surface area contributed by atoms with Crippen molar-refractivity contribution in [3.05, 3.63) is 58.9 Å². The van der Waals surface area contributed by atoms with E-state index in [1.54, 1.807) is 12.3 Å². The molecular weight excluding hydrogens is 258 g/mol. The third kappa shape index (κ3) is 2.56. The van der Waals surface area contributed by atoms with Gasteiger partial charge in [-0.25, -0.2) is 0 Å². The molecule has 1 aromatic carbocycles. The van der Waals surface area contributed by atoms with Crippen LogP contribution >= 0.6 is 11.3 Å². The number of aromatic nitrogens is 2. The number of hydrogen-bond acceptors (Lipinski definition) is 3. The van der Waals surface area contributed by atoms with Crippen LogP contribution in [0.15, 0.2) is 54.0 Å². The highest BCUT2D eigenvalue weighted by Gasteiger charge is 2.07. The van der Waals surface area contributed by atoms with E-state index in [1.807, 2.05) is 41.8 Å². The van der Waals surface area contributed by atoms with Crippen molar-refractivity contribution >= 4 is 22.9 Å². The Kier molecular flexibility index (Phi) is 3.12. The number of carbonyl (C=O) groups excluding carboxylic acids is 1. The Balaban J connectivity index is 1.82. The summed E-state index contributed by atoms with van der Waals surface area (Å²) in [6.45, 7) is 0. The van der Waals surface area contributed by atoms with Gasteiger partial charge in [-0.05, 0) is 29.6 Å². The Hall–Kier alpha value is -2.40. The van der Waals surface area contributed by atoms with Gasteiger partial charge in [-0.3, -0.25) is 9.89 Å². The highest BCUT2D eigenvalue weighted by molar-refractivity contribution is 7.12. The molecule has 2 N–H and O–H groups in total. The molecule has 2 aromatic heterocycles. The van der Waals surface area contributed by atoms with Gasteiger partial charge < -0.3 is 5.32 Å². The topological polar surface area (TPSA) is 57.8 Å². The van der Waals surface area contributed by atoms with E-state index in [4.69, 9.17) is 0 Å². The van der Waals surface area contributed by atoms with Crippen molar-refractivity contribution in [1.82, 2.24) is 10.2 Å². The lowest BCUT2D eigenvalue weighted by atomic mass is 10.1. The summed E-state index contributed by atoms with van der Waals surface area (Å²) in [6, 6.07) is 13.2. The van der Waals surface area contributed by atoms with Crippen LogP contribution in [0.4, 0.5) is 5.69 Å². The Morgan fingerprint density at radius 3 is 2.89 bits per heavy atom. The van der Waals surface area contributed by atoms with Gasteiger partial charge in [0.1, 0.15) is 0 Å². The fourth-order valence-corrected chi connectivity index (χ4v) is 2.40. The van der Waals surface area contributed by atoms with Gasteiger partial charge in [0, 0.05) is 17.4 Å². The molecule has 19 heavy (non-hydrogen) atoms. The number of hydrogen-bond donors (Lipinski definition) is 2. The standard InChI is InChI=1S/C14H11N3OS/c18-14(13-5-2-8-19-13)16-11-4-1-3-10(9-11)12-6-7-15-17-12/h1-9H,(H,15,17)(H,16,18). The summed E-state index contributed by atoms with van der Waals surface area (Å²) < 4.78 is 0. The van der Waals surface area contributed by atoms with Crippen molar-refractivity contribution in [2.75, 3.05) is 5.32 Å². The molecule has 0 aliphatic rings. The fraction of sp³-hybridized carbons (Fsp3) is 0. The number of amides is 1. The average Bonchev–Trinajstić information content (AvgIpc) is 3.13. The van der Waals surface area contributed by atoms with E-state index in [1.165, 1.54) is 11.3 Å². The van der Waals surface area contributed by atoms with Gasteiger partial charge in [-0.15, -0.1) is 11.3 Å². The molecule has 0 saturated carbocycles. The summed E-state index contributed by atoms with van der Waals surface area (Å²) in [7, 11) is 0. The first-order valence-corrected chi connectivity index (χ1v) is 6.65. The Morgan fingerprint density at radius 2 is 2.16 bits per heavy atom. The lowest BCUT2D eigenvalue weighted by Gasteiger charge is -2.05. The first kappa shape index (κ1) is 11.7. The first-order valence-electron chi connectivity index (χ1n) is 5.77. The zero-order valence-electron chi connectivity index (χ0n) is 9.96. The predicted octanol–water partition coefficient (Wildman–Crippen LogP) is 3.39. The molecule has 0 radical (unpaired) electrons. The molecule has 3 rings (SSSR count). The summed E-state index contributed by atoms with van der Waals surface area (Å²) in [5.41, 5.74) is 2.68. The smallest absolute Gasteiger partial charge is 0.265 e. The molecule has 3 aromatic rings. The quantitative estimate of drug-likeness (QED) is 0.765. The highest BCUT2D eigenvalue weighted by Crippen LogP contribution is 2.21. The summed E-state index contributed by atoms with van der Waals surface area (Å²) in [4.78, 5) is 12.7. The summed E-state index contributed by atoms with van der Waals surface area (Å²) in [6.07, 6.45) is 1.70. The van der Waals surface area contributed by atoms with E-state index >= 15 is 0 Å². The lowest BCUT2D eigenvalue weighted by Crippen LogP contribution is -2.09. The van der Waals surface area contributed by atoms with Gasteiger partial charge in [0.15, 0.2) is 0 Å². The lowest BCUT2D eigenvalue weighted by molar-refractivity contribution is 0.103. The van der Waals surface area contributed by atoms with Crippen LogP contribution in [0.3, 0.4) is 0 Å². The number of nitrogens with zero attached hydrogens (tertiary/aromatic N) is 1. The highest BCUT2D eigenvalue weighted by atomic mass is 32.1. The number of rotatable bonds is 3. The van der Waals surface area contributed by atoms with Crippen molar-refractivity contribution in [3.8, 4) is 11.3 Å². The summed E-state index contributed by atoms with van der Waals surface area (Å²) in [5, 5.41) is 11.6. The molecular formula is C14H11N3OS. The zero-order chi connectivity index (χ0) is 13.1. The van der Waals surface area contributed by atoms with Crippen LogP contribution < -0.4 is 5.32 Å². The van der Waals surface area contributed by atoms with E-state index in [-0.39, 0.29) is 5.91 Å². The third-order valence-corrected chi connectivity index (χ3v) is 3.55. The molecule has 4 nitrogen and oxygen atoms in total. The fourth-order valence-electron chi connectivity index (χ4n) is 1.78. The molecule has 0 fully saturated rings. The summed E-state index contributed by atoms with van der Waals surface area (Å²) >= 11 is 1.42. The van der Waals surface area contributed by atoms with Crippen LogP contribution in [-0.2, 0) is 0 Å². The van der Waals surface area contributed by atoms with Crippen LogP contribution in [-0.4, -0.2) is 16.1 Å². The Morgan fingerprint density at radius 1 is 1.21 bits per heavy atom. The first-order chi connectivity index (χ1) is 9.33. The maximum atomic E-state index is 12.0. The predicted molar refractivity (Wildman–Crippen MR) is 76.3 cm³/mol. The van der Waals surface area contributed by atoms with E-state index in [0.717, 1.165) is 16.9 Å². The number of anilines is 1. The van der Waals surface area contributed by atoms with Gasteiger partial charge in [0.25, 0.3) is 5.91 Å². The molecule has 2 heterocycles. The SMILES string of the molecule is O=C(Nc1cccc(-c2ccn[nH]2)c1)c1cccs1.